The van der Waals surface area contributed by atoms with Crippen molar-refractivity contribution in [2.75, 3.05) is 0 Å². The van der Waals surface area contributed by atoms with E-state index in [4.69, 9.17) is 5.11 Å². The quantitative estimate of drug-likeness (QED) is 0.816. The van der Waals surface area contributed by atoms with E-state index < -0.39 is 23.2 Å². The predicted molar refractivity (Wildman–Crippen MR) is 71.2 cm³/mol. The molecule has 2 N–H and O–H groups in total. The third-order valence-electron chi connectivity index (χ3n) is 4.81. The first-order valence-electron chi connectivity index (χ1n) is 7.08. The second-order valence-corrected chi connectivity index (χ2v) is 6.63. The van der Waals surface area contributed by atoms with Gasteiger partial charge in [0.2, 0.25) is 5.91 Å². The van der Waals surface area contributed by atoms with Gasteiger partial charge in [0.25, 0.3) is 0 Å². The van der Waals surface area contributed by atoms with Gasteiger partial charge in [-0.05, 0) is 32.1 Å². The Labute approximate surface area is 114 Å². The zero-order chi connectivity index (χ0) is 14.4. The molecule has 1 saturated heterocycles. The van der Waals surface area contributed by atoms with Crippen LogP contribution in [0.2, 0.25) is 0 Å². The van der Waals surface area contributed by atoms with Crippen LogP contribution in [-0.4, -0.2) is 34.1 Å². The van der Waals surface area contributed by atoms with Crippen LogP contribution in [0.15, 0.2) is 0 Å². The van der Waals surface area contributed by atoms with E-state index in [1.807, 2.05) is 18.9 Å². The van der Waals surface area contributed by atoms with Crippen molar-refractivity contribution in [2.45, 2.75) is 59.0 Å². The van der Waals surface area contributed by atoms with Gasteiger partial charge in [-0.1, -0.05) is 20.3 Å². The molecule has 19 heavy (non-hydrogen) atoms. The number of carbonyl (C=O) groups is 2. The highest BCUT2D eigenvalue weighted by Gasteiger charge is 2.66. The Hall–Kier alpha value is -1.10. The fraction of sp³-hybridized carbons (Fsp3) is 0.857. The highest BCUT2D eigenvalue weighted by Crippen LogP contribution is 2.58. The number of carbonyl (C=O) groups excluding carboxylic acids is 1. The third-order valence-corrected chi connectivity index (χ3v) is 4.81. The van der Waals surface area contributed by atoms with Crippen LogP contribution < -0.4 is 5.43 Å². The van der Waals surface area contributed by atoms with Crippen LogP contribution in [-0.2, 0) is 9.59 Å². The second kappa shape index (κ2) is 4.78. The summed E-state index contributed by atoms with van der Waals surface area (Å²) in [7, 11) is 0. The largest absolute Gasteiger partial charge is 0.481 e. The maximum absolute atomic E-state index is 12.3. The number of piperidine rings is 1. The lowest BCUT2D eigenvalue weighted by Gasteiger charge is -2.38. The van der Waals surface area contributed by atoms with Crippen LogP contribution in [0, 0.1) is 17.3 Å². The van der Waals surface area contributed by atoms with Crippen LogP contribution in [0.5, 0.6) is 0 Å². The number of amides is 1. The van der Waals surface area contributed by atoms with Gasteiger partial charge in [-0.3, -0.25) is 15.0 Å². The lowest BCUT2D eigenvalue weighted by Crippen LogP contribution is -2.54. The molecule has 5 nitrogen and oxygen atoms in total. The number of hydrogen-bond donors (Lipinski definition) is 2. The Balaban J connectivity index is 2.00. The van der Waals surface area contributed by atoms with E-state index in [0.29, 0.717) is 12.1 Å². The second-order valence-electron chi connectivity index (χ2n) is 6.63. The number of rotatable bonds is 3. The minimum Gasteiger partial charge on any atom is -0.481 e. The van der Waals surface area contributed by atoms with Gasteiger partial charge in [0.1, 0.15) is 0 Å². The van der Waals surface area contributed by atoms with E-state index in [1.165, 1.54) is 6.42 Å². The maximum atomic E-state index is 12.3. The molecule has 4 atom stereocenters. The van der Waals surface area contributed by atoms with Crippen LogP contribution in [0.1, 0.15) is 47.0 Å². The third kappa shape index (κ3) is 2.48. The Morgan fingerprint density at radius 3 is 2.11 bits per heavy atom. The molecule has 2 rings (SSSR count). The first-order valence-corrected chi connectivity index (χ1v) is 7.08. The average molecular weight is 268 g/mol. The minimum atomic E-state index is -0.870. The molecule has 0 bridgehead atoms. The molecule has 1 aliphatic heterocycles. The van der Waals surface area contributed by atoms with E-state index in [-0.39, 0.29) is 5.91 Å². The summed E-state index contributed by atoms with van der Waals surface area (Å²) in [6.45, 7) is 7.89. The van der Waals surface area contributed by atoms with Crippen molar-refractivity contribution in [3.8, 4) is 0 Å². The van der Waals surface area contributed by atoms with E-state index >= 15 is 0 Å². The van der Waals surface area contributed by atoms with Gasteiger partial charge in [-0.15, -0.1) is 0 Å². The highest BCUT2D eigenvalue weighted by atomic mass is 16.4. The van der Waals surface area contributed by atoms with Gasteiger partial charge in [-0.25, -0.2) is 5.01 Å². The van der Waals surface area contributed by atoms with Gasteiger partial charge < -0.3 is 5.11 Å². The minimum absolute atomic E-state index is 0.141. The molecular weight excluding hydrogens is 244 g/mol. The smallest absolute Gasteiger partial charge is 0.307 e. The topological polar surface area (TPSA) is 69.6 Å². The summed E-state index contributed by atoms with van der Waals surface area (Å²) in [5, 5.41) is 11.1. The van der Waals surface area contributed by atoms with E-state index in [9.17, 15) is 9.59 Å². The fourth-order valence-electron chi connectivity index (χ4n) is 3.43. The van der Waals surface area contributed by atoms with Crippen LogP contribution in [0.25, 0.3) is 0 Å². The molecule has 1 amide bonds. The van der Waals surface area contributed by atoms with E-state index in [0.717, 1.165) is 12.8 Å². The molecule has 2 fully saturated rings. The SMILES string of the molecule is CC1CCCC(C)N1NC(=O)C1C(C(=O)O)C1(C)C. The summed E-state index contributed by atoms with van der Waals surface area (Å²) in [4.78, 5) is 23.4. The maximum Gasteiger partial charge on any atom is 0.307 e. The molecule has 0 aromatic rings. The molecular formula is C14H24N2O3. The molecule has 1 heterocycles. The number of carboxylic acid groups (broad SMARTS) is 1. The monoisotopic (exact) mass is 268 g/mol. The van der Waals surface area contributed by atoms with Crippen LogP contribution >= 0.6 is 0 Å². The lowest BCUT2D eigenvalue weighted by atomic mass is 10.00. The number of carboxylic acids is 1. The molecule has 0 spiro atoms. The summed E-state index contributed by atoms with van der Waals surface area (Å²) in [5.74, 6) is -1.97. The Morgan fingerprint density at radius 1 is 1.16 bits per heavy atom. The van der Waals surface area contributed by atoms with Crippen molar-refractivity contribution in [1.29, 1.82) is 0 Å². The van der Waals surface area contributed by atoms with Gasteiger partial charge in [0.15, 0.2) is 0 Å². The number of nitrogens with one attached hydrogen (secondary N) is 1. The van der Waals surface area contributed by atoms with E-state index in [2.05, 4.69) is 19.3 Å². The molecule has 1 aliphatic carbocycles. The molecule has 2 aliphatic rings. The highest BCUT2D eigenvalue weighted by molar-refractivity contribution is 5.91. The number of hydrogen-bond acceptors (Lipinski definition) is 3. The van der Waals surface area contributed by atoms with Gasteiger partial charge in [0, 0.05) is 12.1 Å². The first kappa shape index (κ1) is 14.3. The summed E-state index contributed by atoms with van der Waals surface area (Å²) in [6, 6.07) is 0.635. The van der Waals surface area contributed by atoms with Crippen LogP contribution in [0.4, 0.5) is 0 Å². The summed E-state index contributed by atoms with van der Waals surface area (Å²) in [6.07, 6.45) is 3.32. The number of hydrazine groups is 1. The molecule has 0 aromatic heterocycles. The predicted octanol–water partition coefficient (Wildman–Crippen LogP) is 1.64. The average Bonchev–Trinajstić information content (AvgIpc) is 2.87. The van der Waals surface area contributed by atoms with Crippen molar-refractivity contribution in [2.24, 2.45) is 17.3 Å². The standard InChI is InChI=1S/C14H24N2O3/c1-8-6-5-7-9(2)16(8)15-12(17)10-11(13(18)19)14(10,3)4/h8-11H,5-7H2,1-4H3,(H,15,17)(H,18,19). The van der Waals surface area contributed by atoms with Gasteiger partial charge in [0.05, 0.1) is 11.8 Å². The summed E-state index contributed by atoms with van der Waals surface area (Å²) < 4.78 is 0. The molecule has 5 heteroatoms. The van der Waals surface area contributed by atoms with Gasteiger partial charge in [-0.2, -0.15) is 0 Å². The normalized spacial score (nSPS) is 37.7. The molecule has 108 valence electrons. The van der Waals surface area contributed by atoms with Crippen molar-refractivity contribution in [1.82, 2.24) is 10.4 Å². The zero-order valence-corrected chi connectivity index (χ0v) is 12.1. The van der Waals surface area contributed by atoms with Crippen molar-refractivity contribution >= 4 is 11.9 Å². The van der Waals surface area contributed by atoms with E-state index in [1.54, 1.807) is 0 Å². The number of aliphatic carboxylic acids is 1. The first-order chi connectivity index (χ1) is 8.76. The molecule has 1 saturated carbocycles. The summed E-state index contributed by atoms with van der Waals surface area (Å²) in [5.41, 5.74) is 2.52. The Kier molecular flexibility index (Phi) is 3.60. The lowest BCUT2D eigenvalue weighted by molar-refractivity contribution is -0.141. The van der Waals surface area contributed by atoms with Crippen molar-refractivity contribution < 1.29 is 14.7 Å². The Bertz CT molecular complexity index is 384. The number of nitrogens with zero attached hydrogens (tertiary/aromatic N) is 1. The zero-order valence-electron chi connectivity index (χ0n) is 12.1. The molecule has 0 radical (unpaired) electrons. The van der Waals surface area contributed by atoms with Gasteiger partial charge >= 0.3 is 5.97 Å². The molecule has 4 unspecified atom stereocenters. The molecule has 0 aromatic carbocycles. The Morgan fingerprint density at radius 2 is 1.68 bits per heavy atom. The fourth-order valence-corrected chi connectivity index (χ4v) is 3.43. The van der Waals surface area contributed by atoms with Crippen molar-refractivity contribution in [3.63, 3.8) is 0 Å². The summed E-state index contributed by atoms with van der Waals surface area (Å²) >= 11 is 0. The van der Waals surface area contributed by atoms with Crippen molar-refractivity contribution in [3.05, 3.63) is 0 Å². The van der Waals surface area contributed by atoms with Crippen LogP contribution in [0.3, 0.4) is 0 Å².